The Hall–Kier alpha value is -1.40. The fourth-order valence-corrected chi connectivity index (χ4v) is 6.57. The number of rotatable bonds is 4. The van der Waals surface area contributed by atoms with Crippen molar-refractivity contribution in [2.45, 2.75) is 80.6 Å². The molecule has 4 nitrogen and oxygen atoms in total. The van der Waals surface area contributed by atoms with E-state index in [1.807, 2.05) is 22.7 Å². The quantitative estimate of drug-likeness (QED) is 0.558. The molecular formula is C23H31N3OS2. The molecule has 4 rings (SSSR count). The lowest BCUT2D eigenvalue weighted by Crippen LogP contribution is -2.33. The summed E-state index contributed by atoms with van der Waals surface area (Å²) < 4.78 is 2.42. The van der Waals surface area contributed by atoms with Crippen molar-refractivity contribution in [3.05, 3.63) is 35.7 Å². The Morgan fingerprint density at radius 2 is 1.93 bits per heavy atom. The summed E-state index contributed by atoms with van der Waals surface area (Å²) in [5.41, 5.74) is 3.42. The fraction of sp³-hybridized carbons (Fsp3) is 0.565. The fourth-order valence-electron chi connectivity index (χ4n) is 4.42. The molecule has 1 aromatic carbocycles. The summed E-state index contributed by atoms with van der Waals surface area (Å²) in [5.74, 6) is 0.626. The van der Waals surface area contributed by atoms with Crippen LogP contribution in [0.2, 0.25) is 0 Å². The average Bonchev–Trinajstić information content (AvgIpc) is 2.90. The molecule has 2 aromatic rings. The number of aryl methyl sites for hydroxylation is 1. The lowest BCUT2D eigenvalue weighted by Gasteiger charge is -2.26. The van der Waals surface area contributed by atoms with E-state index in [0.717, 1.165) is 29.5 Å². The number of imidazole rings is 1. The molecule has 1 aliphatic heterocycles. The second-order valence-electron chi connectivity index (χ2n) is 8.25. The van der Waals surface area contributed by atoms with Gasteiger partial charge in [-0.25, -0.2) is 4.98 Å². The molecule has 0 saturated heterocycles. The number of fused-ring (bicyclic) bond motifs is 1. The van der Waals surface area contributed by atoms with Crippen LogP contribution in [0.3, 0.4) is 0 Å². The maximum atomic E-state index is 13.2. The molecule has 2 aliphatic rings. The largest absolute Gasteiger partial charge is 0.320 e. The first kappa shape index (κ1) is 20.9. The third-order valence-electron chi connectivity index (χ3n) is 6.16. The second kappa shape index (κ2) is 9.17. The highest BCUT2D eigenvalue weighted by molar-refractivity contribution is 8.00. The number of carbonyl (C=O) groups is 1. The second-order valence-corrected chi connectivity index (χ2v) is 10.7. The first-order valence-electron chi connectivity index (χ1n) is 10.8. The predicted molar refractivity (Wildman–Crippen MR) is 123 cm³/mol. The van der Waals surface area contributed by atoms with Crippen LogP contribution in [0, 0.1) is 13.8 Å². The van der Waals surface area contributed by atoms with Crippen molar-refractivity contribution in [2.24, 2.45) is 0 Å². The van der Waals surface area contributed by atoms with Gasteiger partial charge in [0.2, 0.25) is 5.91 Å². The Labute approximate surface area is 182 Å². The number of benzene rings is 1. The number of thioether (sulfide) groups is 2. The van der Waals surface area contributed by atoms with Crippen molar-refractivity contribution in [1.29, 1.82) is 0 Å². The molecule has 0 unspecified atom stereocenters. The Kier molecular flexibility index (Phi) is 6.60. The Bertz CT molecular complexity index is 873. The van der Waals surface area contributed by atoms with Gasteiger partial charge in [-0.2, -0.15) is 0 Å². The van der Waals surface area contributed by atoms with Crippen LogP contribution in [0.5, 0.6) is 0 Å². The molecule has 1 atom stereocenters. The average molecular weight is 430 g/mol. The van der Waals surface area contributed by atoms with Gasteiger partial charge in [0.25, 0.3) is 0 Å². The number of para-hydroxylation sites is 1. The Morgan fingerprint density at radius 1 is 1.17 bits per heavy atom. The first-order valence-corrected chi connectivity index (χ1v) is 12.7. The zero-order valence-electron chi connectivity index (χ0n) is 17.7. The molecule has 1 aromatic heterocycles. The van der Waals surface area contributed by atoms with Gasteiger partial charge in [-0.3, -0.25) is 4.79 Å². The SMILES string of the molecule is Cc1nc(SCC(=O)N2CC[C@H](C)Sc3ccccc32)n(C2CCCCC2)c1C. The minimum Gasteiger partial charge on any atom is -0.320 e. The van der Waals surface area contributed by atoms with Gasteiger partial charge in [0.1, 0.15) is 0 Å². The number of nitrogens with zero attached hydrogens (tertiary/aromatic N) is 3. The Balaban J connectivity index is 1.51. The molecule has 29 heavy (non-hydrogen) atoms. The molecule has 1 saturated carbocycles. The summed E-state index contributed by atoms with van der Waals surface area (Å²) in [6.07, 6.45) is 7.41. The van der Waals surface area contributed by atoms with Gasteiger partial charge < -0.3 is 9.47 Å². The monoisotopic (exact) mass is 429 g/mol. The molecule has 0 radical (unpaired) electrons. The normalized spacial score (nSPS) is 20.4. The zero-order chi connectivity index (χ0) is 20.4. The van der Waals surface area contributed by atoms with Crippen molar-refractivity contribution >= 4 is 35.1 Å². The van der Waals surface area contributed by atoms with Crippen LogP contribution < -0.4 is 4.90 Å². The lowest BCUT2D eigenvalue weighted by molar-refractivity contribution is -0.116. The van der Waals surface area contributed by atoms with Gasteiger partial charge in [-0.05, 0) is 45.2 Å². The molecule has 0 bridgehead atoms. The van der Waals surface area contributed by atoms with Crippen LogP contribution in [-0.2, 0) is 4.79 Å². The van der Waals surface area contributed by atoms with E-state index in [1.54, 1.807) is 11.8 Å². The number of hydrogen-bond donors (Lipinski definition) is 0. The van der Waals surface area contributed by atoms with E-state index in [9.17, 15) is 4.79 Å². The number of carbonyl (C=O) groups excluding carboxylic acids is 1. The molecule has 1 amide bonds. The smallest absolute Gasteiger partial charge is 0.237 e. The molecule has 1 fully saturated rings. The number of aromatic nitrogens is 2. The number of anilines is 1. The van der Waals surface area contributed by atoms with Crippen LogP contribution in [0.25, 0.3) is 0 Å². The van der Waals surface area contributed by atoms with E-state index in [1.165, 1.54) is 42.7 Å². The van der Waals surface area contributed by atoms with Crippen molar-refractivity contribution in [1.82, 2.24) is 9.55 Å². The first-order chi connectivity index (χ1) is 14.0. The summed E-state index contributed by atoms with van der Waals surface area (Å²) in [4.78, 5) is 21.3. The van der Waals surface area contributed by atoms with Crippen molar-refractivity contribution in [2.75, 3.05) is 17.2 Å². The van der Waals surface area contributed by atoms with Gasteiger partial charge in [0.15, 0.2) is 5.16 Å². The van der Waals surface area contributed by atoms with E-state index in [0.29, 0.717) is 17.0 Å². The molecule has 156 valence electrons. The van der Waals surface area contributed by atoms with Gasteiger partial charge in [0.05, 0.1) is 17.1 Å². The van der Waals surface area contributed by atoms with Crippen molar-refractivity contribution in [3.8, 4) is 0 Å². The molecule has 1 aliphatic carbocycles. The van der Waals surface area contributed by atoms with Crippen LogP contribution in [0.15, 0.2) is 34.3 Å². The van der Waals surface area contributed by atoms with Gasteiger partial charge in [-0.15, -0.1) is 11.8 Å². The molecule has 6 heteroatoms. The maximum absolute atomic E-state index is 13.2. The summed E-state index contributed by atoms with van der Waals surface area (Å²) in [5, 5.41) is 1.54. The third kappa shape index (κ3) is 4.53. The highest BCUT2D eigenvalue weighted by Gasteiger charge is 2.26. The summed E-state index contributed by atoms with van der Waals surface area (Å²) in [6, 6.07) is 8.86. The van der Waals surface area contributed by atoms with Gasteiger partial charge >= 0.3 is 0 Å². The van der Waals surface area contributed by atoms with Crippen LogP contribution in [0.4, 0.5) is 5.69 Å². The summed E-state index contributed by atoms with van der Waals surface area (Å²) in [7, 11) is 0. The van der Waals surface area contributed by atoms with Gasteiger partial charge in [0, 0.05) is 28.4 Å². The molecule has 2 heterocycles. The van der Waals surface area contributed by atoms with E-state index in [2.05, 4.69) is 43.5 Å². The van der Waals surface area contributed by atoms with E-state index in [-0.39, 0.29) is 5.91 Å². The minimum absolute atomic E-state index is 0.186. The van der Waals surface area contributed by atoms with Gasteiger partial charge in [-0.1, -0.05) is 50.1 Å². The highest BCUT2D eigenvalue weighted by Crippen LogP contribution is 2.38. The molecule has 0 N–H and O–H groups in total. The Morgan fingerprint density at radius 3 is 2.72 bits per heavy atom. The van der Waals surface area contributed by atoms with E-state index in [4.69, 9.17) is 4.98 Å². The van der Waals surface area contributed by atoms with Crippen LogP contribution >= 0.6 is 23.5 Å². The summed E-state index contributed by atoms with van der Waals surface area (Å²) >= 11 is 3.49. The third-order valence-corrected chi connectivity index (χ3v) is 8.34. The highest BCUT2D eigenvalue weighted by atomic mass is 32.2. The van der Waals surface area contributed by atoms with Crippen LogP contribution in [-0.4, -0.2) is 33.0 Å². The van der Waals surface area contributed by atoms with Crippen molar-refractivity contribution < 1.29 is 4.79 Å². The lowest BCUT2D eigenvalue weighted by atomic mass is 9.95. The molecule has 0 spiro atoms. The van der Waals surface area contributed by atoms with E-state index >= 15 is 0 Å². The topological polar surface area (TPSA) is 38.1 Å². The molecular weight excluding hydrogens is 398 g/mol. The minimum atomic E-state index is 0.186. The maximum Gasteiger partial charge on any atom is 0.237 e. The zero-order valence-corrected chi connectivity index (χ0v) is 19.3. The predicted octanol–water partition coefficient (Wildman–Crippen LogP) is 6.01. The summed E-state index contributed by atoms with van der Waals surface area (Å²) in [6.45, 7) is 7.30. The standard InChI is InChI=1S/C23H31N3OS2/c1-16-13-14-25(20-11-7-8-12-21(20)29-16)22(27)15-28-23-24-17(2)18(3)26(23)19-9-5-4-6-10-19/h7-8,11-12,16,19H,4-6,9-10,13-15H2,1-3H3/t16-/m0/s1. The van der Waals surface area contributed by atoms with Crippen LogP contribution in [0.1, 0.15) is 62.9 Å². The van der Waals surface area contributed by atoms with Crippen molar-refractivity contribution in [3.63, 3.8) is 0 Å². The number of hydrogen-bond acceptors (Lipinski definition) is 4. The number of amides is 1. The van der Waals surface area contributed by atoms with E-state index < -0.39 is 0 Å².